The molecule has 1 aromatic heterocycles. The lowest BCUT2D eigenvalue weighted by atomic mass is 10.1. The Morgan fingerprint density at radius 1 is 1.53 bits per heavy atom. The van der Waals surface area contributed by atoms with E-state index in [-0.39, 0.29) is 12.0 Å². The van der Waals surface area contributed by atoms with Crippen molar-refractivity contribution in [1.82, 2.24) is 14.7 Å². The van der Waals surface area contributed by atoms with Crippen LogP contribution in [-0.4, -0.2) is 52.3 Å². The lowest BCUT2D eigenvalue weighted by molar-refractivity contribution is 0.0154. The second-order valence-electron chi connectivity index (χ2n) is 4.85. The van der Waals surface area contributed by atoms with Crippen molar-refractivity contribution >= 4 is 17.5 Å². The highest BCUT2D eigenvalue weighted by Crippen LogP contribution is 2.17. The zero-order valence-corrected chi connectivity index (χ0v) is 12.2. The Bertz CT molecular complexity index is 439. The number of carbonyl (C=O) groups is 1. The van der Waals surface area contributed by atoms with E-state index >= 15 is 0 Å². The standard InChI is InChI=1S/C13H20ClN3O2/c1-10-12(9-16(2)15-10)13(18)17-6-3-11(4-7-17)19-8-5-14/h9,11H,3-8H2,1-2H3. The molecule has 0 aromatic carbocycles. The van der Waals surface area contributed by atoms with E-state index in [1.165, 1.54) is 0 Å². The summed E-state index contributed by atoms with van der Waals surface area (Å²) < 4.78 is 7.29. The number of alkyl halides is 1. The molecule has 5 nitrogen and oxygen atoms in total. The summed E-state index contributed by atoms with van der Waals surface area (Å²) in [5, 5.41) is 4.21. The van der Waals surface area contributed by atoms with Crippen LogP contribution in [0.2, 0.25) is 0 Å². The number of hydrogen-bond acceptors (Lipinski definition) is 3. The summed E-state index contributed by atoms with van der Waals surface area (Å²) in [6, 6.07) is 0. The van der Waals surface area contributed by atoms with Gasteiger partial charge in [-0.2, -0.15) is 5.10 Å². The third kappa shape index (κ3) is 3.48. The van der Waals surface area contributed by atoms with Crippen molar-refractivity contribution in [2.24, 2.45) is 7.05 Å². The lowest BCUT2D eigenvalue weighted by Gasteiger charge is -2.31. The minimum Gasteiger partial charge on any atom is -0.377 e. The van der Waals surface area contributed by atoms with Crippen molar-refractivity contribution in [1.29, 1.82) is 0 Å². The highest BCUT2D eigenvalue weighted by Gasteiger charge is 2.25. The van der Waals surface area contributed by atoms with Gasteiger partial charge in [-0.25, -0.2) is 0 Å². The van der Waals surface area contributed by atoms with E-state index in [4.69, 9.17) is 16.3 Å². The molecule has 2 rings (SSSR count). The predicted molar refractivity (Wildman–Crippen MR) is 73.5 cm³/mol. The van der Waals surface area contributed by atoms with E-state index < -0.39 is 0 Å². The van der Waals surface area contributed by atoms with Crippen LogP contribution in [0.1, 0.15) is 28.9 Å². The highest BCUT2D eigenvalue weighted by atomic mass is 35.5. The maximum Gasteiger partial charge on any atom is 0.257 e. The summed E-state index contributed by atoms with van der Waals surface area (Å²) in [5.41, 5.74) is 1.48. The SMILES string of the molecule is Cc1nn(C)cc1C(=O)N1CCC(OCCCl)CC1. The van der Waals surface area contributed by atoms with Crippen LogP contribution in [-0.2, 0) is 11.8 Å². The third-order valence-corrected chi connectivity index (χ3v) is 3.56. The molecule has 1 fully saturated rings. The molecule has 0 bridgehead atoms. The van der Waals surface area contributed by atoms with Crippen molar-refractivity contribution in [3.8, 4) is 0 Å². The molecular weight excluding hydrogens is 266 g/mol. The first-order valence-electron chi connectivity index (χ1n) is 6.59. The Labute approximate surface area is 118 Å². The van der Waals surface area contributed by atoms with Crippen LogP contribution in [0.15, 0.2) is 6.20 Å². The molecule has 106 valence electrons. The molecule has 0 atom stereocenters. The second-order valence-corrected chi connectivity index (χ2v) is 5.23. The smallest absolute Gasteiger partial charge is 0.257 e. The molecule has 1 aromatic rings. The molecule has 0 saturated carbocycles. The van der Waals surface area contributed by atoms with Crippen molar-refractivity contribution in [3.63, 3.8) is 0 Å². The maximum absolute atomic E-state index is 12.4. The third-order valence-electron chi connectivity index (χ3n) is 3.40. The number of likely N-dealkylation sites (tertiary alicyclic amines) is 1. The van der Waals surface area contributed by atoms with Gasteiger partial charge in [-0.05, 0) is 19.8 Å². The number of rotatable bonds is 4. The van der Waals surface area contributed by atoms with E-state index in [0.717, 1.165) is 31.6 Å². The van der Waals surface area contributed by atoms with E-state index in [9.17, 15) is 4.79 Å². The quantitative estimate of drug-likeness (QED) is 0.789. The van der Waals surface area contributed by atoms with E-state index in [1.54, 1.807) is 10.9 Å². The summed E-state index contributed by atoms with van der Waals surface area (Å²) in [4.78, 5) is 14.2. The van der Waals surface area contributed by atoms with Gasteiger partial charge in [0, 0.05) is 32.2 Å². The number of nitrogens with zero attached hydrogens (tertiary/aromatic N) is 3. The van der Waals surface area contributed by atoms with Gasteiger partial charge in [-0.3, -0.25) is 9.48 Å². The van der Waals surface area contributed by atoms with Crippen LogP contribution in [0, 0.1) is 6.92 Å². The summed E-state index contributed by atoms with van der Waals surface area (Å²) in [7, 11) is 1.83. The van der Waals surface area contributed by atoms with Crippen LogP contribution in [0.4, 0.5) is 0 Å². The van der Waals surface area contributed by atoms with Crippen molar-refractivity contribution < 1.29 is 9.53 Å². The molecule has 0 aliphatic carbocycles. The van der Waals surface area contributed by atoms with Gasteiger partial charge in [-0.1, -0.05) is 0 Å². The van der Waals surface area contributed by atoms with E-state index in [0.29, 0.717) is 18.1 Å². The average Bonchev–Trinajstić information content (AvgIpc) is 2.75. The van der Waals surface area contributed by atoms with Gasteiger partial charge in [0.1, 0.15) is 0 Å². The molecule has 2 heterocycles. The monoisotopic (exact) mass is 285 g/mol. The number of hydrogen-bond donors (Lipinski definition) is 0. The van der Waals surface area contributed by atoms with Crippen molar-refractivity contribution in [2.45, 2.75) is 25.9 Å². The van der Waals surface area contributed by atoms with Crippen LogP contribution in [0.3, 0.4) is 0 Å². The number of aromatic nitrogens is 2. The van der Waals surface area contributed by atoms with Gasteiger partial charge in [0.05, 0.1) is 24.0 Å². The van der Waals surface area contributed by atoms with E-state index in [2.05, 4.69) is 5.10 Å². The molecule has 0 N–H and O–H groups in total. The van der Waals surface area contributed by atoms with Gasteiger partial charge < -0.3 is 9.64 Å². The summed E-state index contributed by atoms with van der Waals surface area (Å²) >= 11 is 5.60. The fourth-order valence-electron chi connectivity index (χ4n) is 2.42. The molecular formula is C13H20ClN3O2. The predicted octanol–water partition coefficient (Wildman–Crippen LogP) is 1.59. The molecule has 0 spiro atoms. The number of piperidine rings is 1. The van der Waals surface area contributed by atoms with Gasteiger partial charge in [0.2, 0.25) is 0 Å². The number of amides is 1. The minimum atomic E-state index is 0.0707. The average molecular weight is 286 g/mol. The lowest BCUT2D eigenvalue weighted by Crippen LogP contribution is -2.41. The Hall–Kier alpha value is -1.07. The first kappa shape index (κ1) is 14.3. The van der Waals surface area contributed by atoms with Gasteiger partial charge in [-0.15, -0.1) is 11.6 Å². The summed E-state index contributed by atoms with van der Waals surface area (Å²) in [5.74, 6) is 0.593. The fraction of sp³-hybridized carbons (Fsp3) is 0.692. The molecule has 1 aliphatic heterocycles. The summed E-state index contributed by atoms with van der Waals surface area (Å²) in [6.07, 6.45) is 3.77. The molecule has 0 radical (unpaired) electrons. The first-order chi connectivity index (χ1) is 9.11. The summed E-state index contributed by atoms with van der Waals surface area (Å²) in [6.45, 7) is 3.92. The molecule has 6 heteroatoms. The second kappa shape index (κ2) is 6.39. The Morgan fingerprint density at radius 2 is 2.21 bits per heavy atom. The van der Waals surface area contributed by atoms with Gasteiger partial charge >= 0.3 is 0 Å². The molecule has 0 unspecified atom stereocenters. The molecule has 1 aliphatic rings. The zero-order valence-electron chi connectivity index (χ0n) is 11.4. The Kier molecular flexibility index (Phi) is 4.82. The van der Waals surface area contributed by atoms with Gasteiger partial charge in [0.25, 0.3) is 5.91 Å². The van der Waals surface area contributed by atoms with Crippen LogP contribution in [0.25, 0.3) is 0 Å². The van der Waals surface area contributed by atoms with E-state index in [1.807, 2.05) is 18.9 Å². The fourth-order valence-corrected chi connectivity index (χ4v) is 2.51. The highest BCUT2D eigenvalue weighted by molar-refractivity contribution is 6.17. The van der Waals surface area contributed by atoms with Crippen molar-refractivity contribution in [3.05, 3.63) is 17.5 Å². The zero-order chi connectivity index (χ0) is 13.8. The van der Waals surface area contributed by atoms with Crippen LogP contribution < -0.4 is 0 Å². The minimum absolute atomic E-state index is 0.0707. The first-order valence-corrected chi connectivity index (χ1v) is 7.12. The van der Waals surface area contributed by atoms with Gasteiger partial charge in [0.15, 0.2) is 0 Å². The van der Waals surface area contributed by atoms with Crippen molar-refractivity contribution in [2.75, 3.05) is 25.6 Å². The number of halogens is 1. The number of aryl methyl sites for hydroxylation is 2. The molecule has 19 heavy (non-hydrogen) atoms. The largest absolute Gasteiger partial charge is 0.377 e. The topological polar surface area (TPSA) is 47.4 Å². The molecule has 1 saturated heterocycles. The number of ether oxygens (including phenoxy) is 1. The normalized spacial score (nSPS) is 16.9. The molecule has 1 amide bonds. The Balaban J connectivity index is 1.91. The van der Waals surface area contributed by atoms with Crippen LogP contribution >= 0.6 is 11.6 Å². The Morgan fingerprint density at radius 3 is 2.74 bits per heavy atom. The number of carbonyl (C=O) groups excluding carboxylic acids is 1. The maximum atomic E-state index is 12.4. The van der Waals surface area contributed by atoms with Crippen LogP contribution in [0.5, 0.6) is 0 Å².